The van der Waals surface area contributed by atoms with Gasteiger partial charge in [0.25, 0.3) is 20.0 Å². The van der Waals surface area contributed by atoms with E-state index in [4.69, 9.17) is 27.9 Å². The van der Waals surface area contributed by atoms with E-state index < -0.39 is 20.0 Å². The van der Waals surface area contributed by atoms with Gasteiger partial charge in [-0.15, -0.1) is 0 Å². The summed E-state index contributed by atoms with van der Waals surface area (Å²) in [5, 5.41) is -0.220. The van der Waals surface area contributed by atoms with Crippen molar-refractivity contribution in [2.75, 3.05) is 43.1 Å². The molecule has 5 rings (SSSR count). The highest BCUT2D eigenvalue weighted by atomic mass is 35.5. The maximum atomic E-state index is 14.0. The number of anilines is 1. The van der Waals surface area contributed by atoms with Crippen LogP contribution in [0, 0.1) is 5.92 Å². The zero-order chi connectivity index (χ0) is 29.9. The molecular formula is C29H31Cl2N3O6S2. The number of carbonyl (C=O) groups excluding carboxylic acids is 1. The fourth-order valence-corrected chi connectivity index (χ4v) is 9.89. The first-order chi connectivity index (χ1) is 20.1. The van der Waals surface area contributed by atoms with E-state index in [9.17, 15) is 21.6 Å². The van der Waals surface area contributed by atoms with Crippen molar-refractivity contribution in [3.63, 3.8) is 0 Å². The Morgan fingerprint density at radius 3 is 1.88 bits per heavy atom. The second kappa shape index (κ2) is 12.9. The largest absolute Gasteiger partial charge is 0.381 e. The van der Waals surface area contributed by atoms with Crippen molar-refractivity contribution in [2.45, 2.75) is 29.2 Å². The molecule has 0 unspecified atom stereocenters. The highest BCUT2D eigenvalue weighted by Gasteiger charge is 2.39. The molecule has 2 heterocycles. The minimum Gasteiger partial charge on any atom is -0.381 e. The van der Waals surface area contributed by atoms with E-state index in [1.807, 2.05) is 11.0 Å². The standard InChI is InChI=1S/C29H31Cl2N3O6S2/c30-25-8-1-3-10-27(25)41(36,37)34(42(38,39)28-11-4-2-9-26(28)31)24-7-5-6-22(20-24)21-32-14-16-33(17-15-32)29(35)23-12-18-40-19-13-23/h1-11,20,23H,12-19,21H2. The van der Waals surface area contributed by atoms with E-state index in [-0.39, 0.29) is 37.3 Å². The van der Waals surface area contributed by atoms with Gasteiger partial charge in [0.05, 0.1) is 15.7 Å². The molecule has 0 radical (unpaired) electrons. The molecule has 42 heavy (non-hydrogen) atoms. The van der Waals surface area contributed by atoms with Crippen molar-refractivity contribution in [3.05, 3.63) is 88.4 Å². The van der Waals surface area contributed by atoms with Crippen LogP contribution in [0.1, 0.15) is 18.4 Å². The molecule has 0 aliphatic carbocycles. The summed E-state index contributed by atoms with van der Waals surface area (Å²) in [5.41, 5.74) is 0.645. The molecule has 2 aliphatic heterocycles. The van der Waals surface area contributed by atoms with Gasteiger partial charge in [0, 0.05) is 51.9 Å². The molecule has 0 N–H and O–H groups in total. The molecule has 2 aliphatic rings. The predicted octanol–water partition coefficient (Wildman–Crippen LogP) is 4.65. The van der Waals surface area contributed by atoms with Gasteiger partial charge in [0.2, 0.25) is 5.91 Å². The second-order valence-electron chi connectivity index (χ2n) is 10.2. The van der Waals surface area contributed by atoms with Crippen molar-refractivity contribution >= 4 is 54.8 Å². The minimum atomic E-state index is -4.70. The molecule has 0 aromatic heterocycles. The molecule has 2 fully saturated rings. The van der Waals surface area contributed by atoms with Crippen LogP contribution < -0.4 is 3.71 Å². The van der Waals surface area contributed by atoms with Crippen molar-refractivity contribution in [2.24, 2.45) is 5.92 Å². The van der Waals surface area contributed by atoms with Gasteiger partial charge in [-0.2, -0.15) is 20.5 Å². The van der Waals surface area contributed by atoms with Crippen LogP contribution >= 0.6 is 23.2 Å². The van der Waals surface area contributed by atoms with E-state index in [0.717, 1.165) is 12.8 Å². The molecule has 0 spiro atoms. The van der Waals surface area contributed by atoms with E-state index in [1.165, 1.54) is 42.5 Å². The lowest BCUT2D eigenvalue weighted by molar-refractivity contribution is -0.140. The SMILES string of the molecule is O=C(C1CCOCC1)N1CCN(Cc2cccc(N(S(=O)(=O)c3ccccc3Cl)S(=O)(=O)c3ccccc3Cl)c2)CC1. The lowest BCUT2D eigenvalue weighted by atomic mass is 9.98. The lowest BCUT2D eigenvalue weighted by Gasteiger charge is -2.37. The third-order valence-electron chi connectivity index (χ3n) is 7.45. The van der Waals surface area contributed by atoms with Crippen LogP contribution in [0.4, 0.5) is 5.69 Å². The molecule has 0 atom stereocenters. The quantitative estimate of drug-likeness (QED) is 0.349. The summed E-state index contributed by atoms with van der Waals surface area (Å²) in [4.78, 5) is 16.3. The number of carbonyl (C=O) groups is 1. The summed E-state index contributed by atoms with van der Waals surface area (Å²) < 4.78 is 61.7. The van der Waals surface area contributed by atoms with Gasteiger partial charge in [0.15, 0.2) is 0 Å². The number of hydrogen-bond donors (Lipinski definition) is 0. The molecule has 9 nitrogen and oxygen atoms in total. The van der Waals surface area contributed by atoms with Gasteiger partial charge in [-0.1, -0.05) is 59.6 Å². The Balaban J connectivity index is 1.42. The molecule has 13 heteroatoms. The number of hydrogen-bond acceptors (Lipinski definition) is 7. The first-order valence-corrected chi connectivity index (χ1v) is 17.2. The number of benzene rings is 3. The van der Waals surface area contributed by atoms with Crippen LogP contribution in [0.25, 0.3) is 0 Å². The molecule has 1 amide bonds. The Labute approximate surface area is 256 Å². The summed E-state index contributed by atoms with van der Waals surface area (Å²) in [7, 11) is -9.39. The Morgan fingerprint density at radius 2 is 1.33 bits per heavy atom. The molecular weight excluding hydrogens is 621 g/mol. The first-order valence-electron chi connectivity index (χ1n) is 13.6. The zero-order valence-corrected chi connectivity index (χ0v) is 25.9. The highest BCUT2D eigenvalue weighted by Crippen LogP contribution is 2.36. The van der Waals surface area contributed by atoms with Crippen molar-refractivity contribution < 1.29 is 26.4 Å². The minimum absolute atomic E-state index is 0.00750. The van der Waals surface area contributed by atoms with Crippen LogP contribution in [0.15, 0.2) is 82.6 Å². The Hall–Kier alpha value is -2.67. The second-order valence-corrected chi connectivity index (χ2v) is 14.8. The fourth-order valence-electron chi connectivity index (χ4n) is 5.25. The van der Waals surface area contributed by atoms with Crippen LogP contribution in [-0.2, 0) is 36.1 Å². The van der Waals surface area contributed by atoms with Crippen LogP contribution in [0.3, 0.4) is 0 Å². The number of rotatable bonds is 8. The maximum absolute atomic E-state index is 14.0. The molecule has 3 aromatic carbocycles. The van der Waals surface area contributed by atoms with Crippen molar-refractivity contribution in [1.29, 1.82) is 0 Å². The number of ether oxygens (including phenoxy) is 1. The number of halogens is 2. The molecule has 0 bridgehead atoms. The third kappa shape index (κ3) is 6.46. The first kappa shape index (κ1) is 30.8. The van der Waals surface area contributed by atoms with Crippen LogP contribution in [0.2, 0.25) is 10.0 Å². The lowest BCUT2D eigenvalue weighted by Crippen LogP contribution is -2.50. The van der Waals surface area contributed by atoms with Crippen LogP contribution in [-0.4, -0.2) is 71.9 Å². The summed E-state index contributed by atoms with van der Waals surface area (Å²) in [6, 6.07) is 17.8. The zero-order valence-electron chi connectivity index (χ0n) is 22.7. The monoisotopic (exact) mass is 651 g/mol. The average Bonchev–Trinajstić information content (AvgIpc) is 2.98. The average molecular weight is 653 g/mol. The molecule has 224 valence electrons. The van der Waals surface area contributed by atoms with E-state index in [0.29, 0.717) is 55.2 Å². The smallest absolute Gasteiger partial charge is 0.279 e. The summed E-state index contributed by atoms with van der Waals surface area (Å²) >= 11 is 12.5. The highest BCUT2D eigenvalue weighted by molar-refractivity contribution is 8.10. The van der Waals surface area contributed by atoms with E-state index >= 15 is 0 Å². The van der Waals surface area contributed by atoms with E-state index in [1.54, 1.807) is 24.3 Å². The van der Waals surface area contributed by atoms with Crippen molar-refractivity contribution in [3.8, 4) is 0 Å². The Kier molecular flexibility index (Phi) is 9.46. The van der Waals surface area contributed by atoms with Gasteiger partial charge in [0.1, 0.15) is 9.79 Å². The van der Waals surface area contributed by atoms with Gasteiger partial charge in [-0.3, -0.25) is 9.69 Å². The van der Waals surface area contributed by atoms with Crippen molar-refractivity contribution in [1.82, 2.24) is 9.80 Å². The summed E-state index contributed by atoms with van der Waals surface area (Å²) in [6.07, 6.45) is 1.49. The molecule has 2 saturated heterocycles. The normalized spacial score (nSPS) is 17.2. The number of amides is 1. The fraction of sp³-hybridized carbons (Fsp3) is 0.345. The Bertz CT molecular complexity index is 1580. The molecule has 3 aromatic rings. The van der Waals surface area contributed by atoms with Gasteiger partial charge >= 0.3 is 0 Å². The third-order valence-corrected chi connectivity index (χ3v) is 12.6. The van der Waals surface area contributed by atoms with Crippen LogP contribution in [0.5, 0.6) is 0 Å². The summed E-state index contributed by atoms with van der Waals surface area (Å²) in [6.45, 7) is 4.12. The Morgan fingerprint density at radius 1 is 0.786 bits per heavy atom. The van der Waals surface area contributed by atoms with Gasteiger partial charge in [-0.25, -0.2) is 0 Å². The summed E-state index contributed by atoms with van der Waals surface area (Å²) in [5.74, 6) is 0.179. The maximum Gasteiger partial charge on any atom is 0.279 e. The molecule has 0 saturated carbocycles. The van der Waals surface area contributed by atoms with Gasteiger partial charge < -0.3 is 9.64 Å². The predicted molar refractivity (Wildman–Crippen MR) is 162 cm³/mol. The number of sulfonamides is 2. The topological polar surface area (TPSA) is 104 Å². The number of piperazine rings is 1. The number of nitrogens with zero attached hydrogens (tertiary/aromatic N) is 3. The van der Waals surface area contributed by atoms with Gasteiger partial charge in [-0.05, 0) is 54.8 Å². The van der Waals surface area contributed by atoms with E-state index in [2.05, 4.69) is 4.90 Å².